The van der Waals surface area contributed by atoms with Gasteiger partial charge in [0, 0.05) is 41.7 Å². The lowest BCUT2D eigenvalue weighted by Gasteiger charge is -2.06. The van der Waals surface area contributed by atoms with Crippen LogP contribution in [0.15, 0.2) is 71.6 Å². The molecule has 0 N–H and O–H groups in total. The molecule has 33 heavy (non-hydrogen) atoms. The maximum Gasteiger partial charge on any atom is 0.141 e. The molecule has 0 radical (unpaired) electrons. The minimum Gasteiger partial charge on any atom is -0.361 e. The van der Waals surface area contributed by atoms with E-state index in [2.05, 4.69) is 39.1 Å². The van der Waals surface area contributed by atoms with Crippen molar-refractivity contribution in [2.45, 2.75) is 33.7 Å². The number of fused-ring (bicyclic) bond motifs is 1. The molecule has 4 aromatic heterocycles. The van der Waals surface area contributed by atoms with E-state index in [1.165, 1.54) is 0 Å². The average Bonchev–Trinajstić information content (AvgIpc) is 3.33. The van der Waals surface area contributed by atoms with Crippen molar-refractivity contribution in [2.24, 2.45) is 0 Å². The molecule has 0 saturated carbocycles. The lowest BCUT2D eigenvalue weighted by atomic mass is 10.0. The van der Waals surface area contributed by atoms with Crippen molar-refractivity contribution in [3.05, 3.63) is 89.8 Å². The Morgan fingerprint density at radius 1 is 1.03 bits per heavy atom. The van der Waals surface area contributed by atoms with E-state index in [0.717, 1.165) is 56.0 Å². The molecule has 6 heteroatoms. The van der Waals surface area contributed by atoms with Crippen LogP contribution in [0.25, 0.3) is 33.3 Å². The van der Waals surface area contributed by atoms with Crippen LogP contribution in [0.4, 0.5) is 0 Å². The van der Waals surface area contributed by atoms with E-state index in [9.17, 15) is 4.79 Å². The molecule has 1 aromatic carbocycles. The van der Waals surface area contributed by atoms with Gasteiger partial charge in [0.25, 0.3) is 0 Å². The van der Waals surface area contributed by atoms with Crippen LogP contribution in [0.5, 0.6) is 0 Å². The number of hydrogen-bond acceptors (Lipinski definition) is 5. The molecule has 164 valence electrons. The third-order valence-electron chi connectivity index (χ3n) is 5.82. The van der Waals surface area contributed by atoms with Crippen molar-refractivity contribution in [1.29, 1.82) is 0 Å². The Bertz CT molecular complexity index is 1430. The van der Waals surface area contributed by atoms with Gasteiger partial charge in [-0.05, 0) is 50.1 Å². The van der Waals surface area contributed by atoms with Crippen LogP contribution in [0.2, 0.25) is 0 Å². The molecule has 0 aliphatic carbocycles. The van der Waals surface area contributed by atoms with Crippen LogP contribution in [0.1, 0.15) is 29.6 Å². The third-order valence-corrected chi connectivity index (χ3v) is 5.82. The number of carbonyl (C=O) groups excluding carboxylic acids is 1. The van der Waals surface area contributed by atoms with Crippen LogP contribution in [-0.2, 0) is 17.8 Å². The number of carbonyl (C=O) groups is 1. The lowest BCUT2D eigenvalue weighted by molar-refractivity contribution is -0.116. The highest BCUT2D eigenvalue weighted by Gasteiger charge is 2.17. The van der Waals surface area contributed by atoms with Crippen LogP contribution in [0, 0.1) is 13.8 Å². The van der Waals surface area contributed by atoms with Crippen LogP contribution in [0.3, 0.4) is 0 Å². The van der Waals surface area contributed by atoms with Crippen molar-refractivity contribution in [1.82, 2.24) is 19.7 Å². The molecule has 0 atom stereocenters. The summed E-state index contributed by atoms with van der Waals surface area (Å²) in [6.45, 7) is 6.10. The molecule has 0 bridgehead atoms. The maximum atomic E-state index is 11.5. The lowest BCUT2D eigenvalue weighted by Crippen LogP contribution is -2.00. The second-order valence-electron chi connectivity index (χ2n) is 8.36. The highest BCUT2D eigenvalue weighted by Crippen LogP contribution is 2.34. The van der Waals surface area contributed by atoms with Gasteiger partial charge >= 0.3 is 0 Å². The first-order valence-corrected chi connectivity index (χ1v) is 10.9. The fourth-order valence-corrected chi connectivity index (χ4v) is 4.30. The van der Waals surface area contributed by atoms with Crippen LogP contribution >= 0.6 is 0 Å². The summed E-state index contributed by atoms with van der Waals surface area (Å²) in [5.74, 6) is 0.931. The van der Waals surface area contributed by atoms with Gasteiger partial charge in [-0.3, -0.25) is 14.8 Å². The van der Waals surface area contributed by atoms with Crippen molar-refractivity contribution < 1.29 is 9.32 Å². The van der Waals surface area contributed by atoms with Crippen molar-refractivity contribution in [2.75, 3.05) is 0 Å². The summed E-state index contributed by atoms with van der Waals surface area (Å²) in [7, 11) is 0. The van der Waals surface area contributed by atoms with Gasteiger partial charge in [-0.1, -0.05) is 35.5 Å². The molecule has 0 spiro atoms. The number of nitrogens with zero attached hydrogens (tertiary/aromatic N) is 4. The number of pyridine rings is 2. The van der Waals surface area contributed by atoms with Gasteiger partial charge in [-0.2, -0.15) is 0 Å². The van der Waals surface area contributed by atoms with Gasteiger partial charge in [0.2, 0.25) is 0 Å². The van der Waals surface area contributed by atoms with E-state index in [4.69, 9.17) is 9.51 Å². The molecule has 5 rings (SSSR count). The summed E-state index contributed by atoms with van der Waals surface area (Å²) < 4.78 is 7.57. The molecule has 0 aliphatic heterocycles. The highest BCUT2D eigenvalue weighted by atomic mass is 16.5. The molecule has 6 nitrogen and oxygen atoms in total. The average molecular weight is 437 g/mol. The van der Waals surface area contributed by atoms with Gasteiger partial charge in [-0.15, -0.1) is 0 Å². The Morgan fingerprint density at radius 3 is 2.52 bits per heavy atom. The monoisotopic (exact) mass is 436 g/mol. The Hall–Kier alpha value is -4.06. The second-order valence-corrected chi connectivity index (χ2v) is 8.36. The number of Topliss-reactive ketones (excluding diaryl/α,β-unsaturated/α-hetero) is 1. The first-order valence-electron chi connectivity index (χ1n) is 10.9. The molecular formula is C27H24N4O2. The van der Waals surface area contributed by atoms with Crippen molar-refractivity contribution in [3.8, 4) is 22.3 Å². The predicted octanol–water partition coefficient (Wildman–Crippen LogP) is 5.55. The summed E-state index contributed by atoms with van der Waals surface area (Å²) in [5.41, 5.74) is 8.81. The first kappa shape index (κ1) is 20.8. The van der Waals surface area contributed by atoms with Crippen molar-refractivity contribution >= 4 is 16.8 Å². The predicted molar refractivity (Wildman–Crippen MR) is 128 cm³/mol. The first-order chi connectivity index (χ1) is 16.0. The number of benzene rings is 1. The van der Waals surface area contributed by atoms with Gasteiger partial charge < -0.3 is 9.09 Å². The zero-order valence-corrected chi connectivity index (χ0v) is 18.9. The summed E-state index contributed by atoms with van der Waals surface area (Å²) in [5, 5.41) is 4.10. The summed E-state index contributed by atoms with van der Waals surface area (Å²) in [6, 6.07) is 16.2. The smallest absolute Gasteiger partial charge is 0.141 e. The Labute approximate surface area is 191 Å². The summed E-state index contributed by atoms with van der Waals surface area (Å²) in [6.07, 6.45) is 6.26. The van der Waals surface area contributed by atoms with E-state index < -0.39 is 0 Å². The Balaban J connectivity index is 1.64. The zero-order chi connectivity index (χ0) is 22.9. The maximum absolute atomic E-state index is 11.5. The summed E-state index contributed by atoms with van der Waals surface area (Å²) in [4.78, 5) is 20.8. The molecule has 5 aromatic rings. The fraction of sp³-hybridized carbons (Fsp3) is 0.185. The van der Waals surface area contributed by atoms with Gasteiger partial charge in [0.15, 0.2) is 0 Å². The van der Waals surface area contributed by atoms with Gasteiger partial charge in [0.05, 0.1) is 29.0 Å². The largest absolute Gasteiger partial charge is 0.361 e. The minimum atomic E-state index is 0.156. The zero-order valence-electron chi connectivity index (χ0n) is 18.9. The molecule has 0 fully saturated rings. The number of ketones is 1. The molecule has 0 saturated heterocycles. The molecule has 4 heterocycles. The van der Waals surface area contributed by atoms with E-state index >= 15 is 0 Å². The topological polar surface area (TPSA) is 73.8 Å². The number of aromatic nitrogens is 4. The SMILES string of the molecule is CC(=O)Cc1ccc(-c2cn(Cc3ccccn3)c3cc(-c4c(C)noc4C)cnc23)cc1. The Kier molecular flexibility index (Phi) is 5.34. The van der Waals surface area contributed by atoms with Gasteiger partial charge in [-0.25, -0.2) is 0 Å². The van der Waals surface area contributed by atoms with Gasteiger partial charge in [0.1, 0.15) is 11.5 Å². The number of rotatable bonds is 6. The van der Waals surface area contributed by atoms with Crippen LogP contribution < -0.4 is 0 Å². The van der Waals surface area contributed by atoms with E-state index in [0.29, 0.717) is 13.0 Å². The standard InChI is InChI=1S/C27H24N4O2/c1-17(32)12-20-7-9-21(10-8-20)24-16-31(15-23-6-4-5-11-28-23)25-13-22(14-29-27(24)25)26-18(2)30-33-19(26)3/h4-11,13-14,16H,12,15H2,1-3H3. The fourth-order valence-electron chi connectivity index (χ4n) is 4.30. The van der Waals surface area contributed by atoms with Crippen LogP contribution in [-0.4, -0.2) is 25.5 Å². The molecule has 0 unspecified atom stereocenters. The van der Waals surface area contributed by atoms with Crippen molar-refractivity contribution in [3.63, 3.8) is 0 Å². The van der Waals surface area contributed by atoms with E-state index in [1.807, 2.05) is 56.6 Å². The van der Waals surface area contributed by atoms with E-state index in [1.54, 1.807) is 6.92 Å². The molecule has 0 aliphatic rings. The summed E-state index contributed by atoms with van der Waals surface area (Å²) >= 11 is 0. The highest BCUT2D eigenvalue weighted by molar-refractivity contribution is 5.95. The minimum absolute atomic E-state index is 0.156. The quantitative estimate of drug-likeness (QED) is 0.349. The number of aryl methyl sites for hydroxylation is 2. The third kappa shape index (κ3) is 4.07. The molecular weight excluding hydrogens is 412 g/mol. The van der Waals surface area contributed by atoms with E-state index in [-0.39, 0.29) is 5.78 Å². The second kappa shape index (κ2) is 8.47. The molecule has 0 amide bonds. The Morgan fingerprint density at radius 2 is 1.85 bits per heavy atom. The normalized spacial score (nSPS) is 11.2. The number of hydrogen-bond donors (Lipinski definition) is 0.